The number of carbonyl (C=O) groups excluding carboxylic acids is 1. The molecule has 1 aromatic carbocycles. The summed E-state index contributed by atoms with van der Waals surface area (Å²) >= 11 is 0. The Bertz CT molecular complexity index is 729. The molecule has 0 heterocycles. The van der Waals surface area contributed by atoms with E-state index in [9.17, 15) is 14.4 Å². The van der Waals surface area contributed by atoms with Crippen LogP contribution >= 0.6 is 0 Å². The van der Waals surface area contributed by atoms with Gasteiger partial charge in [0.25, 0.3) is 0 Å². The first kappa shape index (κ1) is 27.7. The van der Waals surface area contributed by atoms with Crippen molar-refractivity contribution in [2.45, 2.75) is 57.7 Å². The largest absolute Gasteiger partial charge is 0.480 e. The van der Waals surface area contributed by atoms with E-state index in [1.54, 1.807) is 20.8 Å². The Balaban J connectivity index is 0.000000649. The number of aliphatic imine (C=N–C) groups is 1. The molecule has 31 heavy (non-hydrogen) atoms. The van der Waals surface area contributed by atoms with E-state index in [2.05, 4.69) is 10.3 Å². The molecule has 0 aliphatic rings. The summed E-state index contributed by atoms with van der Waals surface area (Å²) in [6.45, 7) is 5.59. The average Bonchev–Trinajstić information content (AvgIpc) is 2.64. The van der Waals surface area contributed by atoms with Crippen LogP contribution in [0.3, 0.4) is 0 Å². The highest BCUT2D eigenvalue weighted by molar-refractivity contribution is 5.80. The van der Waals surface area contributed by atoms with Gasteiger partial charge in [-0.25, -0.2) is 9.59 Å². The van der Waals surface area contributed by atoms with Gasteiger partial charge in [0.15, 0.2) is 5.96 Å². The first-order valence-corrected chi connectivity index (χ1v) is 9.62. The second kappa shape index (κ2) is 13.8. The minimum absolute atomic E-state index is 0.0129. The molecule has 9 N–H and O–H groups in total. The Morgan fingerprint density at radius 2 is 1.68 bits per heavy atom. The fraction of sp³-hybridized carbons (Fsp3) is 0.500. The maximum atomic E-state index is 11.6. The molecule has 1 rings (SSSR count). The van der Waals surface area contributed by atoms with Crippen LogP contribution in [0.5, 0.6) is 0 Å². The summed E-state index contributed by atoms with van der Waals surface area (Å²) in [5, 5.41) is 19.9. The molecule has 0 spiro atoms. The van der Waals surface area contributed by atoms with E-state index in [0.717, 1.165) is 5.56 Å². The number of amides is 1. The van der Waals surface area contributed by atoms with Crippen molar-refractivity contribution >= 4 is 24.0 Å². The molecule has 0 aliphatic heterocycles. The van der Waals surface area contributed by atoms with E-state index < -0.39 is 35.7 Å². The number of carbonyl (C=O) groups is 3. The van der Waals surface area contributed by atoms with E-state index in [4.69, 9.17) is 32.2 Å². The molecule has 11 nitrogen and oxygen atoms in total. The second-order valence-electron chi connectivity index (χ2n) is 7.62. The molecular weight excluding hydrogens is 406 g/mol. The number of hydrogen-bond acceptors (Lipinski definition) is 6. The quantitative estimate of drug-likeness (QED) is 0.181. The number of nitrogens with one attached hydrogen (secondary N) is 1. The third-order valence-electron chi connectivity index (χ3n) is 3.56. The summed E-state index contributed by atoms with van der Waals surface area (Å²) in [4.78, 5) is 36.6. The summed E-state index contributed by atoms with van der Waals surface area (Å²) < 4.78 is 5.04. The van der Waals surface area contributed by atoms with Crippen molar-refractivity contribution in [3.05, 3.63) is 35.9 Å². The normalized spacial score (nSPS) is 12.4. The molecule has 0 aliphatic carbocycles. The number of alkyl carbamates (subject to hydrolysis) is 1. The summed E-state index contributed by atoms with van der Waals surface area (Å²) in [5.41, 5.74) is 15.5. The average molecular weight is 440 g/mol. The molecular formula is C20H33N5O6. The molecule has 0 saturated carbocycles. The number of nitrogens with two attached hydrogens (primary N) is 3. The zero-order valence-electron chi connectivity index (χ0n) is 18.1. The van der Waals surface area contributed by atoms with Crippen molar-refractivity contribution < 1.29 is 29.3 Å². The Morgan fingerprint density at radius 1 is 1.10 bits per heavy atom. The fourth-order valence-corrected chi connectivity index (χ4v) is 2.14. The maximum absolute atomic E-state index is 11.6. The third-order valence-corrected chi connectivity index (χ3v) is 3.56. The van der Waals surface area contributed by atoms with Crippen LogP contribution in [0.4, 0.5) is 4.79 Å². The lowest BCUT2D eigenvalue weighted by atomic mass is 10.1. The molecule has 1 aromatic rings. The first-order chi connectivity index (χ1) is 14.3. The summed E-state index contributed by atoms with van der Waals surface area (Å²) in [5.74, 6) is -2.08. The monoisotopic (exact) mass is 439 g/mol. The van der Waals surface area contributed by atoms with Crippen LogP contribution < -0.4 is 22.5 Å². The van der Waals surface area contributed by atoms with Gasteiger partial charge in [-0.15, -0.1) is 0 Å². The molecule has 0 saturated heterocycles. The number of benzene rings is 1. The highest BCUT2D eigenvalue weighted by Gasteiger charge is 2.24. The molecule has 2 unspecified atom stereocenters. The van der Waals surface area contributed by atoms with Gasteiger partial charge in [-0.2, -0.15) is 0 Å². The molecule has 2 atom stereocenters. The van der Waals surface area contributed by atoms with E-state index in [-0.39, 0.29) is 12.4 Å². The lowest BCUT2D eigenvalue weighted by Crippen LogP contribution is -2.44. The Labute approximate surface area is 181 Å². The van der Waals surface area contributed by atoms with Crippen LogP contribution in [0.25, 0.3) is 0 Å². The highest BCUT2D eigenvalue weighted by atomic mass is 16.6. The number of nitrogens with zero attached hydrogens (tertiary/aromatic N) is 1. The van der Waals surface area contributed by atoms with Crippen LogP contribution in [-0.4, -0.2) is 58.4 Å². The molecule has 0 radical (unpaired) electrons. The van der Waals surface area contributed by atoms with Crippen molar-refractivity contribution in [3.8, 4) is 0 Å². The predicted molar refractivity (Wildman–Crippen MR) is 116 cm³/mol. The summed E-state index contributed by atoms with van der Waals surface area (Å²) in [6, 6.07) is 7.29. The van der Waals surface area contributed by atoms with E-state index in [1.165, 1.54) is 0 Å². The van der Waals surface area contributed by atoms with Crippen LogP contribution in [-0.2, 0) is 20.7 Å². The zero-order chi connectivity index (χ0) is 24.0. The fourth-order valence-electron chi connectivity index (χ4n) is 2.14. The van der Waals surface area contributed by atoms with Gasteiger partial charge in [-0.05, 0) is 39.2 Å². The van der Waals surface area contributed by atoms with Gasteiger partial charge >= 0.3 is 18.0 Å². The molecule has 1 amide bonds. The predicted octanol–water partition coefficient (Wildman–Crippen LogP) is 0.659. The Morgan fingerprint density at radius 3 is 2.13 bits per heavy atom. The van der Waals surface area contributed by atoms with Crippen LogP contribution in [0.15, 0.2) is 35.3 Å². The number of guanidine groups is 1. The van der Waals surface area contributed by atoms with E-state index >= 15 is 0 Å². The first-order valence-electron chi connectivity index (χ1n) is 9.62. The molecule has 174 valence electrons. The van der Waals surface area contributed by atoms with Crippen molar-refractivity contribution in [1.82, 2.24) is 5.32 Å². The molecule has 0 aromatic heterocycles. The van der Waals surface area contributed by atoms with Crippen LogP contribution in [0, 0.1) is 0 Å². The molecule has 11 heteroatoms. The number of hydrogen-bond donors (Lipinski definition) is 6. The van der Waals surface area contributed by atoms with Gasteiger partial charge in [0, 0.05) is 13.0 Å². The number of carboxylic acids is 2. The van der Waals surface area contributed by atoms with Gasteiger partial charge in [0.2, 0.25) is 0 Å². The lowest BCUT2D eigenvalue weighted by Gasteiger charge is -2.22. The Hall–Kier alpha value is -3.34. The highest BCUT2D eigenvalue weighted by Crippen LogP contribution is 2.08. The van der Waals surface area contributed by atoms with Crippen molar-refractivity contribution in [2.24, 2.45) is 22.2 Å². The van der Waals surface area contributed by atoms with E-state index in [1.807, 2.05) is 30.3 Å². The van der Waals surface area contributed by atoms with Crippen molar-refractivity contribution in [3.63, 3.8) is 0 Å². The minimum atomic E-state index is -1.09. The number of carboxylic acid groups (broad SMARTS) is 2. The lowest BCUT2D eigenvalue weighted by molar-refractivity contribution is -0.140. The Kier molecular flexibility index (Phi) is 12.3. The smallest absolute Gasteiger partial charge is 0.408 e. The summed E-state index contributed by atoms with van der Waals surface area (Å²) in [6.07, 6.45) is 0.447. The summed E-state index contributed by atoms with van der Waals surface area (Å²) in [7, 11) is 0. The van der Waals surface area contributed by atoms with Gasteiger partial charge in [0.05, 0.1) is 0 Å². The standard InChI is InChI=1S/C14H19NO4.C6H14N4O2/c1-14(2,3)19-13(18)15-11(12(16)17)9-10-7-5-4-6-8-10;7-4(5(11)12)2-1-3-10-6(8)9/h4-8,11H,9H2,1-3H3,(H,15,18)(H,16,17);4H,1-3,7H2,(H,11,12)(H4,8,9,10). The molecule has 0 fully saturated rings. The van der Waals surface area contributed by atoms with Crippen molar-refractivity contribution in [1.29, 1.82) is 0 Å². The van der Waals surface area contributed by atoms with Crippen molar-refractivity contribution in [2.75, 3.05) is 6.54 Å². The van der Waals surface area contributed by atoms with Crippen LogP contribution in [0.1, 0.15) is 39.2 Å². The molecule has 0 bridgehead atoms. The maximum Gasteiger partial charge on any atom is 0.408 e. The minimum Gasteiger partial charge on any atom is -0.480 e. The number of rotatable bonds is 9. The van der Waals surface area contributed by atoms with Gasteiger partial charge in [-0.3, -0.25) is 9.79 Å². The number of aliphatic carboxylic acids is 2. The SMILES string of the molecule is CC(C)(C)OC(=O)NC(Cc1ccccc1)C(=O)O.NC(N)=NCCCC(N)C(=O)O. The van der Waals surface area contributed by atoms with Crippen LogP contribution in [0.2, 0.25) is 0 Å². The van der Waals surface area contributed by atoms with Gasteiger partial charge < -0.3 is 37.5 Å². The van der Waals surface area contributed by atoms with Gasteiger partial charge in [-0.1, -0.05) is 30.3 Å². The second-order valence-corrected chi connectivity index (χ2v) is 7.62. The third kappa shape index (κ3) is 15.2. The zero-order valence-corrected chi connectivity index (χ0v) is 18.1. The van der Waals surface area contributed by atoms with Gasteiger partial charge in [0.1, 0.15) is 17.7 Å². The van der Waals surface area contributed by atoms with E-state index in [0.29, 0.717) is 19.4 Å². The number of ether oxygens (including phenoxy) is 1. The topological polar surface area (TPSA) is 203 Å².